The maximum absolute atomic E-state index is 14.3. The van der Waals surface area contributed by atoms with Gasteiger partial charge in [0.1, 0.15) is 17.5 Å². The Labute approximate surface area is 634 Å². The van der Waals surface area contributed by atoms with Crippen molar-refractivity contribution in [1.29, 1.82) is 0 Å². The summed E-state index contributed by atoms with van der Waals surface area (Å²) in [5, 5.41) is 40.6. The van der Waals surface area contributed by atoms with Gasteiger partial charge in [-0.1, -0.05) is 137 Å². The minimum absolute atomic E-state index is 0.0231. The van der Waals surface area contributed by atoms with Gasteiger partial charge in [-0.2, -0.15) is 8.42 Å². The van der Waals surface area contributed by atoms with E-state index in [1.807, 2.05) is 60.7 Å². The number of esters is 3. The molecule has 2 aliphatic rings. The first-order valence-electron chi connectivity index (χ1n) is 35.3. The Morgan fingerprint density at radius 1 is 0.538 bits per heavy atom. The van der Waals surface area contributed by atoms with Crippen LogP contribution in [0.15, 0.2) is 161 Å². The largest absolute Gasteiger partial charge is 0.466 e. The summed E-state index contributed by atoms with van der Waals surface area (Å²) in [6, 6.07) is 41.9. The Kier molecular flexibility index (Phi) is 34.7. The number of nitrogens with zero attached hydrogens (tertiary/aromatic N) is 2. The van der Waals surface area contributed by atoms with Gasteiger partial charge in [0.25, 0.3) is 23.9 Å². The smallest absolute Gasteiger partial charge is 0.311 e. The normalized spacial score (nSPS) is 16.1. The molecular weight excluding hydrogens is 1480 g/mol. The highest BCUT2D eigenvalue weighted by molar-refractivity contribution is 9.10. The lowest BCUT2D eigenvalue weighted by Crippen LogP contribution is -2.53. The summed E-state index contributed by atoms with van der Waals surface area (Å²) in [6.45, 7) is 11.0. The van der Waals surface area contributed by atoms with Crippen LogP contribution in [0.1, 0.15) is 69.6 Å². The molecule has 6 N–H and O–H groups in total. The Balaban J connectivity index is 0.000000220. The number of halogens is 7. The predicted molar refractivity (Wildman–Crippen MR) is 410 cm³/mol. The first-order chi connectivity index (χ1) is 49.7. The minimum atomic E-state index is -4.09. The number of hydrogen-bond donors (Lipinski definition) is 5. The molecule has 16 nitrogen and oxygen atoms in total. The molecule has 2 aliphatic heterocycles. The fraction of sp³-hybridized carbons (Fsp3) is 0.423. The molecule has 7 aromatic rings. The van der Waals surface area contributed by atoms with E-state index in [9.17, 15) is 56.2 Å². The molecule has 0 amide bonds. The van der Waals surface area contributed by atoms with Gasteiger partial charge in [-0.05, 0) is 209 Å². The van der Waals surface area contributed by atoms with Crippen molar-refractivity contribution in [3.05, 3.63) is 205 Å². The highest BCUT2D eigenvalue weighted by atomic mass is 79.9. The van der Waals surface area contributed by atoms with Gasteiger partial charge in [0, 0.05) is 80.5 Å². The number of carbonyl (C=O) groups excluding carboxylic acids is 3. The number of benzene rings is 7. The Bertz CT molecular complexity index is 3970. The summed E-state index contributed by atoms with van der Waals surface area (Å²) in [5.74, 6) is -3.70. The SMILES string of the molecule is CCOC(=O)[C@@H](C[C@H](CB(C)O)Cc1ccc(-c2cc(Cl)ccc2F)cc1)CN1CC[C@H]1CO.CCOC(=O)[C@@H](C[C@H](N)Cc1ccc(-c2cc(Cl)ccc2F)cc1)CN1CC[C@H]1CO.CCOC(=O)[C@H](COS(=O)(=O)c1ccc(Br)cc1)C[C@H](CB(C)O)Cc1ccc(-c2cc(Cl)ccc2F)cc1. The number of hydrogen-bond acceptors (Lipinski definition) is 16. The molecular formula is C78H94B2BrCl3F3N3O13S. The molecule has 0 aromatic heterocycles. The number of likely N-dealkylation sites (tertiary alicyclic amines) is 2. The van der Waals surface area contributed by atoms with Gasteiger partial charge in [-0.15, -0.1) is 0 Å². The first kappa shape index (κ1) is 85.1. The quantitative estimate of drug-likeness (QED) is 0.0107. The van der Waals surface area contributed by atoms with E-state index in [0.717, 1.165) is 58.2 Å². The molecule has 7 aromatic carbocycles. The van der Waals surface area contributed by atoms with Crippen LogP contribution in [-0.2, 0) is 62.2 Å². The van der Waals surface area contributed by atoms with Crippen molar-refractivity contribution in [3.8, 4) is 33.4 Å². The monoisotopic (exact) mass is 1580 g/mol. The van der Waals surface area contributed by atoms with Crippen LogP contribution >= 0.6 is 50.7 Å². The van der Waals surface area contributed by atoms with Crippen LogP contribution in [0.3, 0.4) is 0 Å². The predicted octanol–water partition coefficient (Wildman–Crippen LogP) is 14.9. The van der Waals surface area contributed by atoms with E-state index in [0.29, 0.717) is 108 Å². The molecule has 2 heterocycles. The summed E-state index contributed by atoms with van der Waals surface area (Å²) < 4.78 is 89.8. The van der Waals surface area contributed by atoms with Crippen molar-refractivity contribution < 1.29 is 74.6 Å². The van der Waals surface area contributed by atoms with E-state index in [1.165, 1.54) is 48.5 Å². The summed E-state index contributed by atoms with van der Waals surface area (Å²) in [6.07, 6.45) is 5.91. The van der Waals surface area contributed by atoms with Crippen molar-refractivity contribution in [2.24, 2.45) is 35.3 Å². The van der Waals surface area contributed by atoms with Crippen LogP contribution < -0.4 is 5.73 Å². The highest BCUT2D eigenvalue weighted by Gasteiger charge is 2.36. The average molecular weight is 1580 g/mol. The van der Waals surface area contributed by atoms with Gasteiger partial charge in [-0.3, -0.25) is 28.4 Å². The zero-order valence-electron chi connectivity index (χ0n) is 59.3. The zero-order chi connectivity index (χ0) is 75.6. The lowest BCUT2D eigenvalue weighted by Gasteiger charge is -2.41. The third-order valence-corrected chi connectivity index (χ3v) is 21.1. The van der Waals surface area contributed by atoms with Crippen LogP contribution in [0.25, 0.3) is 33.4 Å². The molecule has 0 unspecified atom stereocenters. The van der Waals surface area contributed by atoms with Crippen LogP contribution in [0, 0.1) is 47.0 Å². The second-order valence-corrected chi connectivity index (χ2v) is 30.6. The Morgan fingerprint density at radius 3 is 1.22 bits per heavy atom. The van der Waals surface area contributed by atoms with Crippen LogP contribution in [0.4, 0.5) is 13.2 Å². The topological polar surface area (TPSA) is 236 Å². The third-order valence-electron chi connectivity index (χ3n) is 18.5. The van der Waals surface area contributed by atoms with E-state index in [1.54, 1.807) is 76.9 Å². The first-order valence-corrected chi connectivity index (χ1v) is 38.6. The molecule has 8 atom stereocenters. The second-order valence-electron chi connectivity index (χ2n) is 26.7. The molecule has 0 saturated carbocycles. The standard InChI is InChI=1S/C28H30BBrClFO6S.C26H34BClFNO4.C24H30ClFN2O3/c1-3-37-28(33)22(18-38-39(35,36)25-11-8-23(30)9-12-25)15-20(17-29(2)34)14-19-4-6-21(7-5-19)26-16-24(31)10-13-27(26)32;1-3-34-26(32)21(16-30-11-10-23(30)17-31)13-19(15-27(2)33)12-18-4-6-20(7-5-18)24-14-22(28)8-9-25(24)29;1-2-31-24(30)18(14-28-10-9-21(28)15-29)12-20(27)11-16-3-5-17(6-4-16)22-13-19(25)7-8-23(22)26/h4-13,16,20,22,34H,3,14-15,17-18H2,1-2H3;4-9,14,19,21,23,31,33H,3,10-13,15-17H2,1-2H3;3-8,13,18,20-21,29H,2,9-12,14-15,27H2,1H3/t20-,22+;19-,21+,23+;18-,20+,21-/m110/s1. The van der Waals surface area contributed by atoms with E-state index >= 15 is 0 Å². The van der Waals surface area contributed by atoms with Gasteiger partial charge in [-0.25, -0.2) is 13.2 Å². The number of rotatable bonds is 35. The summed E-state index contributed by atoms with van der Waals surface area (Å²) in [7, 11) is -4.09. The lowest BCUT2D eigenvalue weighted by molar-refractivity contribution is -0.151. The number of nitrogens with two attached hydrogens (primary N) is 1. The van der Waals surface area contributed by atoms with Crippen LogP contribution in [0.5, 0.6) is 0 Å². The van der Waals surface area contributed by atoms with E-state index in [-0.39, 0.29) is 109 Å². The molecule has 2 saturated heterocycles. The Morgan fingerprint density at radius 2 is 0.885 bits per heavy atom. The number of aliphatic hydroxyl groups excluding tert-OH is 2. The molecule has 0 spiro atoms. The van der Waals surface area contributed by atoms with Crippen LogP contribution in [0.2, 0.25) is 41.4 Å². The summed E-state index contributed by atoms with van der Waals surface area (Å²) in [4.78, 5) is 42.2. The number of aliphatic hydroxyl groups is 2. The molecule has 26 heteroatoms. The van der Waals surface area contributed by atoms with E-state index in [2.05, 4.69) is 25.7 Å². The van der Waals surface area contributed by atoms with Gasteiger partial charge in [0.05, 0.1) is 62.3 Å². The molecule has 0 bridgehead atoms. The summed E-state index contributed by atoms with van der Waals surface area (Å²) >= 11 is 21.3. The lowest BCUT2D eigenvalue weighted by atomic mass is 9.62. The number of carbonyl (C=O) groups is 3. The summed E-state index contributed by atoms with van der Waals surface area (Å²) in [5.41, 5.74) is 12.8. The maximum Gasteiger partial charge on any atom is 0.311 e. The highest BCUT2D eigenvalue weighted by Crippen LogP contribution is 2.34. The van der Waals surface area contributed by atoms with Gasteiger partial charge < -0.3 is 40.2 Å². The molecule has 2 fully saturated rings. The van der Waals surface area contributed by atoms with Gasteiger partial charge in [0.2, 0.25) is 0 Å². The van der Waals surface area contributed by atoms with Crippen molar-refractivity contribution in [2.75, 3.05) is 65.8 Å². The van der Waals surface area contributed by atoms with Crippen LogP contribution in [-0.4, -0.2) is 154 Å². The van der Waals surface area contributed by atoms with Crippen molar-refractivity contribution >= 4 is 92.6 Å². The van der Waals surface area contributed by atoms with Crippen molar-refractivity contribution in [1.82, 2.24) is 9.80 Å². The molecule has 560 valence electrons. The second kappa shape index (κ2) is 42.4. The minimum Gasteiger partial charge on any atom is -0.466 e. The molecule has 9 rings (SSSR count). The molecule has 0 radical (unpaired) electrons. The van der Waals surface area contributed by atoms with E-state index < -0.39 is 35.8 Å². The van der Waals surface area contributed by atoms with Gasteiger partial charge >= 0.3 is 17.9 Å². The average Bonchev–Trinajstić information content (AvgIpc) is 0.792. The zero-order valence-corrected chi connectivity index (χ0v) is 64.0. The third kappa shape index (κ3) is 26.7. The molecule has 0 aliphatic carbocycles. The van der Waals surface area contributed by atoms with E-state index in [4.69, 9.17) is 58.9 Å². The fourth-order valence-electron chi connectivity index (χ4n) is 13.1. The van der Waals surface area contributed by atoms with Gasteiger partial charge in [0.15, 0.2) is 0 Å². The van der Waals surface area contributed by atoms with Crippen molar-refractivity contribution in [3.63, 3.8) is 0 Å². The van der Waals surface area contributed by atoms with Crippen molar-refractivity contribution in [2.45, 2.75) is 121 Å². The number of ether oxygens (including phenoxy) is 3. The maximum atomic E-state index is 14.3. The fourth-order valence-corrected chi connectivity index (χ4v) is 14.9. The molecule has 104 heavy (non-hydrogen) atoms. The Hall–Kier alpha value is -6.15.